The standard InChI is InChI=1S/C24H31N5O2/c1-17-18(6-4-12-25-17)14-26-21-8-7-19(15-27-21)22(30)29-13-9-20(16-29)28(3)23(31)24(2)10-5-11-24/h4,6-8,12,15,20H,5,9-11,13-14,16H2,1-3H3,(H,26,27)/t20-/m0/s1. The summed E-state index contributed by atoms with van der Waals surface area (Å²) >= 11 is 0. The maximum absolute atomic E-state index is 12.9. The average Bonchev–Trinajstić information content (AvgIpc) is 3.26. The fourth-order valence-electron chi connectivity index (χ4n) is 4.45. The first-order valence-corrected chi connectivity index (χ1v) is 11.0. The lowest BCUT2D eigenvalue weighted by atomic mass is 9.69. The number of amides is 2. The minimum absolute atomic E-state index is 0.0274. The van der Waals surface area contributed by atoms with Gasteiger partial charge in [0.2, 0.25) is 5.91 Å². The fourth-order valence-corrected chi connectivity index (χ4v) is 4.45. The van der Waals surface area contributed by atoms with E-state index >= 15 is 0 Å². The number of likely N-dealkylation sites (tertiary alicyclic amines) is 1. The summed E-state index contributed by atoms with van der Waals surface area (Å²) in [6.45, 7) is 5.92. The monoisotopic (exact) mass is 421 g/mol. The van der Waals surface area contributed by atoms with Crippen LogP contribution in [0.3, 0.4) is 0 Å². The molecule has 0 radical (unpaired) electrons. The summed E-state index contributed by atoms with van der Waals surface area (Å²) in [5.41, 5.74) is 2.47. The maximum atomic E-state index is 12.9. The molecule has 1 aliphatic heterocycles. The molecule has 4 rings (SSSR count). The number of carbonyl (C=O) groups is 2. The first kappa shape index (κ1) is 21.3. The molecular formula is C24H31N5O2. The van der Waals surface area contributed by atoms with E-state index in [1.807, 2.05) is 48.0 Å². The van der Waals surface area contributed by atoms with E-state index in [-0.39, 0.29) is 23.3 Å². The predicted molar refractivity (Wildman–Crippen MR) is 120 cm³/mol. The SMILES string of the molecule is Cc1ncccc1CNc1ccc(C(=O)N2CC[C@H](N(C)C(=O)C3(C)CCC3)C2)cn1. The summed E-state index contributed by atoms with van der Waals surface area (Å²) in [5.74, 6) is 0.914. The van der Waals surface area contributed by atoms with Crippen LogP contribution >= 0.6 is 0 Å². The van der Waals surface area contributed by atoms with Gasteiger partial charge in [-0.05, 0) is 49.9 Å². The molecule has 0 spiro atoms. The zero-order valence-electron chi connectivity index (χ0n) is 18.6. The van der Waals surface area contributed by atoms with Crippen molar-refractivity contribution in [3.05, 3.63) is 53.5 Å². The number of carbonyl (C=O) groups excluding carboxylic acids is 2. The third kappa shape index (κ3) is 4.40. The second kappa shape index (κ2) is 8.65. The van der Waals surface area contributed by atoms with Crippen molar-refractivity contribution in [2.24, 2.45) is 5.41 Å². The summed E-state index contributed by atoms with van der Waals surface area (Å²) in [4.78, 5) is 38.1. The van der Waals surface area contributed by atoms with Gasteiger partial charge in [-0.3, -0.25) is 14.6 Å². The zero-order chi connectivity index (χ0) is 22.0. The van der Waals surface area contributed by atoms with E-state index in [0.717, 1.165) is 42.8 Å². The van der Waals surface area contributed by atoms with E-state index in [2.05, 4.69) is 22.2 Å². The van der Waals surface area contributed by atoms with Crippen molar-refractivity contribution in [1.82, 2.24) is 19.8 Å². The third-order valence-corrected chi connectivity index (χ3v) is 6.88. The molecule has 164 valence electrons. The molecule has 2 aromatic heterocycles. The van der Waals surface area contributed by atoms with Crippen molar-refractivity contribution in [1.29, 1.82) is 0 Å². The number of nitrogens with zero attached hydrogens (tertiary/aromatic N) is 4. The highest BCUT2D eigenvalue weighted by Gasteiger charge is 2.43. The molecule has 3 heterocycles. The summed E-state index contributed by atoms with van der Waals surface area (Å²) < 4.78 is 0. The summed E-state index contributed by atoms with van der Waals surface area (Å²) in [5, 5.41) is 3.28. The average molecular weight is 422 g/mol. The van der Waals surface area contributed by atoms with E-state index in [0.29, 0.717) is 25.2 Å². The summed E-state index contributed by atoms with van der Waals surface area (Å²) in [6.07, 6.45) is 7.29. The van der Waals surface area contributed by atoms with E-state index in [9.17, 15) is 9.59 Å². The first-order chi connectivity index (χ1) is 14.9. The van der Waals surface area contributed by atoms with Gasteiger partial charge in [-0.1, -0.05) is 19.4 Å². The van der Waals surface area contributed by atoms with Gasteiger partial charge in [0, 0.05) is 50.2 Å². The predicted octanol–water partition coefficient (Wildman–Crippen LogP) is 3.26. The minimum Gasteiger partial charge on any atom is -0.366 e. The molecule has 7 nitrogen and oxygen atoms in total. The molecule has 1 saturated heterocycles. The van der Waals surface area contributed by atoms with E-state index in [1.54, 1.807) is 12.4 Å². The first-order valence-electron chi connectivity index (χ1n) is 11.0. The Kier molecular flexibility index (Phi) is 5.94. The van der Waals surface area contributed by atoms with Gasteiger partial charge < -0.3 is 15.1 Å². The van der Waals surface area contributed by atoms with E-state index in [4.69, 9.17) is 0 Å². The molecule has 2 amide bonds. The van der Waals surface area contributed by atoms with Gasteiger partial charge >= 0.3 is 0 Å². The zero-order valence-corrected chi connectivity index (χ0v) is 18.6. The molecule has 1 atom stereocenters. The summed E-state index contributed by atoms with van der Waals surface area (Å²) in [6, 6.07) is 7.68. The van der Waals surface area contributed by atoms with Crippen LogP contribution in [0.15, 0.2) is 36.7 Å². The number of pyridine rings is 2. The smallest absolute Gasteiger partial charge is 0.255 e. The highest BCUT2D eigenvalue weighted by molar-refractivity contribution is 5.94. The Morgan fingerprint density at radius 1 is 1.26 bits per heavy atom. The molecule has 7 heteroatoms. The molecule has 0 unspecified atom stereocenters. The second-order valence-corrected chi connectivity index (χ2v) is 9.06. The van der Waals surface area contributed by atoms with Crippen molar-refractivity contribution in [2.75, 3.05) is 25.5 Å². The van der Waals surface area contributed by atoms with Crippen LogP contribution in [0.2, 0.25) is 0 Å². The van der Waals surface area contributed by atoms with Crippen molar-refractivity contribution >= 4 is 17.6 Å². The fraction of sp³-hybridized carbons (Fsp3) is 0.500. The number of aryl methyl sites for hydroxylation is 1. The molecule has 1 saturated carbocycles. The number of nitrogens with one attached hydrogen (secondary N) is 1. The van der Waals surface area contributed by atoms with Crippen LogP contribution in [0.1, 0.15) is 54.2 Å². The van der Waals surface area contributed by atoms with Crippen LogP contribution in [-0.2, 0) is 11.3 Å². The second-order valence-electron chi connectivity index (χ2n) is 9.06. The van der Waals surface area contributed by atoms with Gasteiger partial charge in [-0.15, -0.1) is 0 Å². The Morgan fingerprint density at radius 3 is 2.71 bits per heavy atom. The quantitative estimate of drug-likeness (QED) is 0.775. The Morgan fingerprint density at radius 2 is 2.06 bits per heavy atom. The molecule has 2 aromatic rings. The van der Waals surface area contributed by atoms with Gasteiger partial charge in [0.1, 0.15) is 5.82 Å². The molecule has 31 heavy (non-hydrogen) atoms. The Balaban J connectivity index is 1.32. The number of hydrogen-bond acceptors (Lipinski definition) is 5. The number of anilines is 1. The number of hydrogen-bond donors (Lipinski definition) is 1. The lowest BCUT2D eigenvalue weighted by Crippen LogP contribution is -2.49. The number of likely N-dealkylation sites (N-methyl/N-ethyl adjacent to an activating group) is 1. The van der Waals surface area contributed by atoms with E-state index < -0.39 is 0 Å². The van der Waals surface area contributed by atoms with Crippen LogP contribution in [-0.4, -0.2) is 57.8 Å². The van der Waals surface area contributed by atoms with Gasteiger partial charge in [0.15, 0.2) is 0 Å². The molecule has 2 fully saturated rings. The Hall–Kier alpha value is -2.96. The minimum atomic E-state index is -0.201. The van der Waals surface area contributed by atoms with Gasteiger partial charge in [0.05, 0.1) is 11.6 Å². The van der Waals surface area contributed by atoms with Crippen LogP contribution in [0.25, 0.3) is 0 Å². The van der Waals surface area contributed by atoms with E-state index in [1.165, 1.54) is 0 Å². The Labute approximate surface area is 183 Å². The number of rotatable bonds is 6. The lowest BCUT2D eigenvalue weighted by molar-refractivity contribution is -0.146. The molecule has 0 bridgehead atoms. The molecule has 1 N–H and O–H groups in total. The molecular weight excluding hydrogens is 390 g/mol. The topological polar surface area (TPSA) is 78.4 Å². The van der Waals surface area contributed by atoms with Crippen molar-refractivity contribution in [3.63, 3.8) is 0 Å². The van der Waals surface area contributed by atoms with Crippen molar-refractivity contribution in [2.45, 2.75) is 52.1 Å². The van der Waals surface area contributed by atoms with Crippen molar-refractivity contribution < 1.29 is 9.59 Å². The lowest BCUT2D eigenvalue weighted by Gasteiger charge is -2.41. The van der Waals surface area contributed by atoms with Gasteiger partial charge in [-0.25, -0.2) is 4.98 Å². The normalized spacial score (nSPS) is 19.6. The third-order valence-electron chi connectivity index (χ3n) is 6.88. The molecule has 0 aromatic carbocycles. The summed E-state index contributed by atoms with van der Waals surface area (Å²) in [7, 11) is 1.89. The molecule has 2 aliphatic rings. The maximum Gasteiger partial charge on any atom is 0.255 e. The largest absolute Gasteiger partial charge is 0.366 e. The highest BCUT2D eigenvalue weighted by Crippen LogP contribution is 2.42. The van der Waals surface area contributed by atoms with Crippen LogP contribution in [0.5, 0.6) is 0 Å². The van der Waals surface area contributed by atoms with Crippen molar-refractivity contribution in [3.8, 4) is 0 Å². The Bertz CT molecular complexity index is 955. The molecule has 1 aliphatic carbocycles. The number of aromatic nitrogens is 2. The van der Waals surface area contributed by atoms with Gasteiger partial charge in [-0.2, -0.15) is 0 Å². The van der Waals surface area contributed by atoms with Gasteiger partial charge in [0.25, 0.3) is 5.91 Å². The van der Waals surface area contributed by atoms with Crippen LogP contribution in [0, 0.1) is 12.3 Å². The van der Waals surface area contributed by atoms with Crippen LogP contribution in [0.4, 0.5) is 5.82 Å². The highest BCUT2D eigenvalue weighted by atomic mass is 16.2. The van der Waals surface area contributed by atoms with Crippen LogP contribution < -0.4 is 5.32 Å².